The fourth-order valence-electron chi connectivity index (χ4n) is 1.39. The molecule has 0 radical (unpaired) electrons. The fourth-order valence-corrected chi connectivity index (χ4v) is 2.51. The van der Waals surface area contributed by atoms with Crippen molar-refractivity contribution in [2.24, 2.45) is 7.05 Å². The predicted molar refractivity (Wildman–Crippen MR) is 62.3 cm³/mol. The minimum atomic E-state index is -1.30. The molecule has 0 fully saturated rings. The predicted octanol–water partition coefficient (Wildman–Crippen LogP) is 1.57. The van der Waals surface area contributed by atoms with Gasteiger partial charge in [-0.1, -0.05) is 6.07 Å². The molecule has 0 aliphatic carbocycles. The van der Waals surface area contributed by atoms with Crippen LogP contribution in [0.4, 0.5) is 4.39 Å². The average Bonchev–Trinajstić information content (AvgIpc) is 2.61. The summed E-state index contributed by atoms with van der Waals surface area (Å²) in [6, 6.07) is 5.79. The Morgan fingerprint density at radius 3 is 2.76 bits per heavy atom. The zero-order chi connectivity index (χ0) is 12.4. The van der Waals surface area contributed by atoms with E-state index in [4.69, 9.17) is 0 Å². The van der Waals surface area contributed by atoms with Gasteiger partial charge in [0.15, 0.2) is 0 Å². The van der Waals surface area contributed by atoms with E-state index in [1.165, 1.54) is 12.1 Å². The van der Waals surface area contributed by atoms with Crippen LogP contribution in [0.1, 0.15) is 11.6 Å². The first-order chi connectivity index (χ1) is 8.08. The second kappa shape index (κ2) is 4.75. The quantitative estimate of drug-likeness (QED) is 0.834. The summed E-state index contributed by atoms with van der Waals surface area (Å²) >= 11 is 0. The van der Waals surface area contributed by atoms with Crippen molar-refractivity contribution in [3.8, 4) is 0 Å². The number of aryl methyl sites for hydroxylation is 1. The summed E-state index contributed by atoms with van der Waals surface area (Å²) in [5.41, 5.74) is 0. The molecule has 2 rings (SSSR count). The third-order valence-corrected chi connectivity index (χ3v) is 3.80. The maximum Gasteiger partial charge on any atom is 0.145 e. The van der Waals surface area contributed by atoms with Crippen LogP contribution in [0.2, 0.25) is 0 Å². The van der Waals surface area contributed by atoms with E-state index >= 15 is 0 Å². The van der Waals surface area contributed by atoms with Crippen molar-refractivity contribution in [1.82, 2.24) is 14.8 Å². The van der Waals surface area contributed by atoms with Gasteiger partial charge in [0.05, 0.1) is 16.6 Å². The van der Waals surface area contributed by atoms with E-state index in [2.05, 4.69) is 10.2 Å². The summed E-state index contributed by atoms with van der Waals surface area (Å²) in [6.07, 6.45) is 0. The molecule has 0 saturated heterocycles. The van der Waals surface area contributed by atoms with Crippen molar-refractivity contribution in [1.29, 1.82) is 0 Å². The monoisotopic (exact) mass is 253 g/mol. The molecule has 17 heavy (non-hydrogen) atoms. The summed E-state index contributed by atoms with van der Waals surface area (Å²) in [7, 11) is 0.508. The molecule has 90 valence electrons. The van der Waals surface area contributed by atoms with E-state index in [1.54, 1.807) is 16.7 Å². The van der Waals surface area contributed by atoms with E-state index in [9.17, 15) is 8.60 Å². The van der Waals surface area contributed by atoms with Gasteiger partial charge < -0.3 is 4.57 Å². The molecule has 1 aromatic carbocycles. The zero-order valence-corrected chi connectivity index (χ0v) is 10.4. The van der Waals surface area contributed by atoms with Gasteiger partial charge in [0, 0.05) is 11.9 Å². The summed E-state index contributed by atoms with van der Waals surface area (Å²) in [5.74, 6) is 1.24. The van der Waals surface area contributed by atoms with Gasteiger partial charge >= 0.3 is 0 Å². The highest BCUT2D eigenvalue weighted by atomic mass is 32.2. The smallest absolute Gasteiger partial charge is 0.145 e. The van der Waals surface area contributed by atoms with Gasteiger partial charge in [-0.05, 0) is 25.1 Å². The van der Waals surface area contributed by atoms with Gasteiger partial charge in [0.25, 0.3) is 0 Å². The van der Waals surface area contributed by atoms with E-state index in [1.807, 2.05) is 14.0 Å². The number of benzene rings is 1. The van der Waals surface area contributed by atoms with Gasteiger partial charge in [-0.15, -0.1) is 10.2 Å². The van der Waals surface area contributed by atoms with Crippen molar-refractivity contribution >= 4 is 10.8 Å². The van der Waals surface area contributed by atoms with Crippen LogP contribution >= 0.6 is 0 Å². The summed E-state index contributed by atoms with van der Waals surface area (Å²) in [6.45, 7) is 1.82. The standard InChI is InChI=1S/C11H12FN3OS/c1-8-13-14-11(15(8)2)7-17(16)10-5-3-4-9(12)6-10/h3-6H,7H2,1-2H3. The zero-order valence-electron chi connectivity index (χ0n) is 9.55. The van der Waals surface area contributed by atoms with Crippen molar-refractivity contribution in [3.63, 3.8) is 0 Å². The minimum Gasteiger partial charge on any atom is -0.318 e. The molecule has 1 heterocycles. The molecule has 1 atom stereocenters. The second-order valence-corrected chi connectivity index (χ2v) is 5.12. The molecular weight excluding hydrogens is 241 g/mol. The molecule has 6 heteroatoms. The highest BCUT2D eigenvalue weighted by molar-refractivity contribution is 7.84. The lowest BCUT2D eigenvalue weighted by Gasteiger charge is -2.02. The average molecular weight is 253 g/mol. The molecule has 1 aromatic heterocycles. The van der Waals surface area contributed by atoms with Gasteiger partial charge in [0.2, 0.25) is 0 Å². The van der Waals surface area contributed by atoms with Crippen LogP contribution in [0.5, 0.6) is 0 Å². The number of halogens is 1. The first kappa shape index (κ1) is 11.9. The van der Waals surface area contributed by atoms with Gasteiger partial charge in [0.1, 0.15) is 17.5 Å². The lowest BCUT2D eigenvalue weighted by atomic mass is 10.4. The Balaban J connectivity index is 2.20. The maximum atomic E-state index is 13.0. The Morgan fingerprint density at radius 1 is 1.41 bits per heavy atom. The van der Waals surface area contributed by atoms with Crippen LogP contribution in [0.3, 0.4) is 0 Å². The molecule has 0 aliphatic rings. The van der Waals surface area contributed by atoms with Crippen molar-refractivity contribution in [3.05, 3.63) is 41.7 Å². The normalized spacial score (nSPS) is 12.6. The summed E-state index contributed by atoms with van der Waals surface area (Å²) < 4.78 is 26.7. The second-order valence-electron chi connectivity index (χ2n) is 3.67. The molecular formula is C11H12FN3OS. The Labute approximate surface area is 101 Å². The van der Waals surface area contributed by atoms with Crippen LogP contribution in [-0.4, -0.2) is 19.0 Å². The first-order valence-electron chi connectivity index (χ1n) is 5.07. The minimum absolute atomic E-state index is 0.237. The SMILES string of the molecule is Cc1nnc(CS(=O)c2cccc(F)c2)n1C. The topological polar surface area (TPSA) is 47.8 Å². The number of aromatic nitrogens is 3. The van der Waals surface area contributed by atoms with E-state index in [-0.39, 0.29) is 11.6 Å². The fraction of sp³-hybridized carbons (Fsp3) is 0.273. The van der Waals surface area contributed by atoms with E-state index in [0.717, 1.165) is 5.82 Å². The molecule has 0 saturated carbocycles. The molecule has 0 bridgehead atoms. The molecule has 0 aliphatic heterocycles. The highest BCUT2D eigenvalue weighted by Gasteiger charge is 2.11. The molecule has 1 unspecified atom stereocenters. The van der Waals surface area contributed by atoms with Gasteiger partial charge in [-0.2, -0.15) is 0 Å². The number of rotatable bonds is 3. The number of nitrogens with zero attached hydrogens (tertiary/aromatic N) is 3. The van der Waals surface area contributed by atoms with Crippen LogP contribution in [0, 0.1) is 12.7 Å². The lowest BCUT2D eigenvalue weighted by Crippen LogP contribution is -2.04. The Bertz CT molecular complexity index is 568. The highest BCUT2D eigenvalue weighted by Crippen LogP contribution is 2.12. The first-order valence-corrected chi connectivity index (χ1v) is 6.38. The van der Waals surface area contributed by atoms with Crippen LogP contribution < -0.4 is 0 Å². The van der Waals surface area contributed by atoms with Crippen molar-refractivity contribution in [2.45, 2.75) is 17.6 Å². The third kappa shape index (κ3) is 2.58. The number of hydrogen-bond donors (Lipinski definition) is 0. The summed E-state index contributed by atoms with van der Waals surface area (Å²) in [5, 5.41) is 7.81. The van der Waals surface area contributed by atoms with E-state index < -0.39 is 10.8 Å². The largest absolute Gasteiger partial charge is 0.318 e. The van der Waals surface area contributed by atoms with E-state index in [0.29, 0.717) is 10.7 Å². The Kier molecular flexibility index (Phi) is 3.33. The molecule has 0 N–H and O–H groups in total. The third-order valence-electron chi connectivity index (χ3n) is 2.50. The van der Waals surface area contributed by atoms with Crippen molar-refractivity contribution in [2.75, 3.05) is 0 Å². The molecule has 0 amide bonds. The molecule has 4 nitrogen and oxygen atoms in total. The lowest BCUT2D eigenvalue weighted by molar-refractivity contribution is 0.622. The number of hydrogen-bond acceptors (Lipinski definition) is 3. The van der Waals surface area contributed by atoms with Crippen LogP contribution in [0.15, 0.2) is 29.2 Å². The maximum absolute atomic E-state index is 13.0. The van der Waals surface area contributed by atoms with Crippen LogP contribution in [0.25, 0.3) is 0 Å². The Hall–Kier alpha value is -1.56. The molecule has 2 aromatic rings. The van der Waals surface area contributed by atoms with Gasteiger partial charge in [-0.3, -0.25) is 4.21 Å². The molecule has 0 spiro atoms. The Morgan fingerprint density at radius 2 is 2.18 bits per heavy atom. The van der Waals surface area contributed by atoms with Gasteiger partial charge in [-0.25, -0.2) is 4.39 Å². The summed E-state index contributed by atoms with van der Waals surface area (Å²) in [4.78, 5) is 0.464. The van der Waals surface area contributed by atoms with Crippen LogP contribution in [-0.2, 0) is 23.6 Å². The van der Waals surface area contributed by atoms with Crippen molar-refractivity contribution < 1.29 is 8.60 Å².